The maximum atomic E-state index is 12.4. The Hall–Kier alpha value is -1.90. The highest BCUT2D eigenvalue weighted by Crippen LogP contribution is 2.32. The molecule has 0 saturated carbocycles. The lowest BCUT2D eigenvalue weighted by molar-refractivity contribution is 0.102. The van der Waals surface area contributed by atoms with Crippen LogP contribution >= 0.6 is 38.6 Å². The van der Waals surface area contributed by atoms with Crippen LogP contribution in [0.1, 0.15) is 10.5 Å². The second-order valence-electron chi connectivity index (χ2n) is 4.72. The van der Waals surface area contributed by atoms with Gasteiger partial charge in [0.05, 0.1) is 19.1 Å². The van der Waals surface area contributed by atoms with Crippen LogP contribution in [-0.4, -0.2) is 25.1 Å². The molecule has 3 aromatic rings. The molecule has 1 N–H and O–H groups in total. The molecule has 2 aromatic heterocycles. The Morgan fingerprint density at radius 3 is 2.38 bits per heavy atom. The number of thiophene rings is 1. The number of hydrogen-bond acceptors (Lipinski definition) is 6. The van der Waals surface area contributed by atoms with Crippen LogP contribution in [0.2, 0.25) is 0 Å². The average Bonchev–Trinajstić information content (AvgIpc) is 3.23. The second-order valence-corrected chi connectivity index (χ2v) is 7.41. The summed E-state index contributed by atoms with van der Waals surface area (Å²) in [6.45, 7) is 0. The van der Waals surface area contributed by atoms with Crippen molar-refractivity contribution in [3.63, 3.8) is 0 Å². The number of benzene rings is 1. The van der Waals surface area contributed by atoms with Crippen molar-refractivity contribution in [3.05, 3.63) is 45.2 Å². The Labute approximate surface area is 155 Å². The molecule has 124 valence electrons. The summed E-state index contributed by atoms with van der Waals surface area (Å²) in [5, 5.41) is 7.37. The van der Waals surface area contributed by atoms with E-state index in [0.717, 1.165) is 14.4 Å². The average molecular weight is 425 g/mol. The smallest absolute Gasteiger partial charge is 0.275 e. The molecule has 0 aliphatic carbocycles. The normalized spacial score (nSPS) is 10.5. The minimum atomic E-state index is -0.275. The van der Waals surface area contributed by atoms with E-state index >= 15 is 0 Å². The number of halogens is 1. The largest absolute Gasteiger partial charge is 0.497 e. The maximum Gasteiger partial charge on any atom is 0.275 e. The number of nitrogens with zero attached hydrogens (tertiary/aromatic N) is 1. The standard InChI is InChI=1S/C16H13BrN2O3S2/c1-21-11-4-10(5-12(6-11)22-2)18-15(20)13-8-24-16(19-13)14-3-9(17)7-23-14/h3-8H,1-2H3,(H,18,20). The van der Waals surface area contributed by atoms with Crippen molar-refractivity contribution >= 4 is 50.2 Å². The molecule has 0 aliphatic rings. The van der Waals surface area contributed by atoms with Crippen molar-refractivity contribution in [3.8, 4) is 21.4 Å². The number of carbonyl (C=O) groups is 1. The van der Waals surface area contributed by atoms with Gasteiger partial charge in [-0.2, -0.15) is 0 Å². The molecule has 8 heteroatoms. The monoisotopic (exact) mass is 424 g/mol. The highest BCUT2D eigenvalue weighted by atomic mass is 79.9. The zero-order valence-electron chi connectivity index (χ0n) is 12.8. The summed E-state index contributed by atoms with van der Waals surface area (Å²) in [4.78, 5) is 17.8. The maximum absolute atomic E-state index is 12.4. The zero-order chi connectivity index (χ0) is 17.1. The van der Waals surface area contributed by atoms with Gasteiger partial charge < -0.3 is 14.8 Å². The number of aromatic nitrogens is 1. The topological polar surface area (TPSA) is 60.5 Å². The number of anilines is 1. The van der Waals surface area contributed by atoms with E-state index in [1.807, 2.05) is 11.4 Å². The molecule has 24 heavy (non-hydrogen) atoms. The fourth-order valence-corrected chi connectivity index (χ4v) is 4.30. The van der Waals surface area contributed by atoms with Crippen LogP contribution in [0, 0.1) is 0 Å². The lowest BCUT2D eigenvalue weighted by Crippen LogP contribution is -2.12. The lowest BCUT2D eigenvalue weighted by Gasteiger charge is -2.09. The molecule has 0 aliphatic heterocycles. The molecule has 0 fully saturated rings. The number of methoxy groups -OCH3 is 2. The van der Waals surface area contributed by atoms with Gasteiger partial charge in [0.1, 0.15) is 22.2 Å². The van der Waals surface area contributed by atoms with E-state index in [1.54, 1.807) is 49.1 Å². The minimum absolute atomic E-state index is 0.275. The summed E-state index contributed by atoms with van der Waals surface area (Å²) in [7, 11) is 3.12. The van der Waals surface area contributed by atoms with Gasteiger partial charge in [-0.25, -0.2) is 4.98 Å². The SMILES string of the molecule is COc1cc(NC(=O)c2csc(-c3cc(Br)cs3)n2)cc(OC)c1. The molecule has 5 nitrogen and oxygen atoms in total. The summed E-state index contributed by atoms with van der Waals surface area (Å²) in [6.07, 6.45) is 0. The second kappa shape index (κ2) is 7.33. The Morgan fingerprint density at radius 1 is 1.08 bits per heavy atom. The third kappa shape index (κ3) is 3.77. The first-order chi connectivity index (χ1) is 11.6. The van der Waals surface area contributed by atoms with Crippen molar-refractivity contribution in [1.82, 2.24) is 4.98 Å². The van der Waals surface area contributed by atoms with Gasteiger partial charge in [0.15, 0.2) is 0 Å². The Bertz CT molecular complexity index is 854. The fraction of sp³-hybridized carbons (Fsp3) is 0.125. The summed E-state index contributed by atoms with van der Waals surface area (Å²) < 4.78 is 11.4. The van der Waals surface area contributed by atoms with Crippen LogP contribution < -0.4 is 14.8 Å². The van der Waals surface area contributed by atoms with E-state index in [2.05, 4.69) is 26.2 Å². The van der Waals surface area contributed by atoms with Crippen LogP contribution in [-0.2, 0) is 0 Å². The molecular formula is C16H13BrN2O3S2. The first kappa shape index (κ1) is 16.9. The summed E-state index contributed by atoms with van der Waals surface area (Å²) in [5.74, 6) is 0.933. The van der Waals surface area contributed by atoms with Crippen molar-refractivity contribution in [2.45, 2.75) is 0 Å². The molecule has 0 atom stereocenters. The van der Waals surface area contributed by atoms with Crippen LogP contribution in [0.15, 0.2) is 39.5 Å². The summed E-state index contributed by atoms with van der Waals surface area (Å²) >= 11 is 6.44. The highest BCUT2D eigenvalue weighted by molar-refractivity contribution is 9.10. The quantitative estimate of drug-likeness (QED) is 0.632. The number of carbonyl (C=O) groups excluding carboxylic acids is 1. The van der Waals surface area contributed by atoms with Crippen molar-refractivity contribution in [2.24, 2.45) is 0 Å². The first-order valence-electron chi connectivity index (χ1n) is 6.83. The Morgan fingerprint density at radius 2 is 1.79 bits per heavy atom. The minimum Gasteiger partial charge on any atom is -0.497 e. The number of thiazole rings is 1. The van der Waals surface area contributed by atoms with Crippen molar-refractivity contribution < 1.29 is 14.3 Å². The first-order valence-corrected chi connectivity index (χ1v) is 9.38. The third-order valence-corrected chi connectivity index (χ3v) is 5.83. The molecule has 1 amide bonds. The molecule has 0 radical (unpaired) electrons. The number of nitrogens with one attached hydrogen (secondary N) is 1. The van der Waals surface area contributed by atoms with E-state index in [4.69, 9.17) is 9.47 Å². The van der Waals surface area contributed by atoms with Crippen LogP contribution in [0.4, 0.5) is 5.69 Å². The Kier molecular flexibility index (Phi) is 5.17. The zero-order valence-corrected chi connectivity index (χ0v) is 16.0. The molecule has 3 rings (SSSR count). The fourth-order valence-electron chi connectivity index (χ4n) is 1.99. The molecule has 0 bridgehead atoms. The summed E-state index contributed by atoms with van der Waals surface area (Å²) in [5.41, 5.74) is 0.964. The van der Waals surface area contributed by atoms with E-state index in [9.17, 15) is 4.79 Å². The van der Waals surface area contributed by atoms with Gasteiger partial charge in [-0.15, -0.1) is 22.7 Å². The molecule has 0 spiro atoms. The number of rotatable bonds is 5. The van der Waals surface area contributed by atoms with Crippen LogP contribution in [0.3, 0.4) is 0 Å². The van der Waals surface area contributed by atoms with Gasteiger partial charge in [-0.05, 0) is 22.0 Å². The van der Waals surface area contributed by atoms with Gasteiger partial charge in [-0.1, -0.05) is 0 Å². The highest BCUT2D eigenvalue weighted by Gasteiger charge is 2.14. The van der Waals surface area contributed by atoms with Gasteiger partial charge >= 0.3 is 0 Å². The third-order valence-electron chi connectivity index (χ3n) is 3.12. The molecular weight excluding hydrogens is 412 g/mol. The van der Waals surface area contributed by atoms with Gasteiger partial charge in [0, 0.05) is 39.1 Å². The van der Waals surface area contributed by atoms with E-state index in [1.165, 1.54) is 11.3 Å². The van der Waals surface area contributed by atoms with Gasteiger partial charge in [0.25, 0.3) is 5.91 Å². The summed E-state index contributed by atoms with van der Waals surface area (Å²) in [6, 6.07) is 7.18. The van der Waals surface area contributed by atoms with Crippen molar-refractivity contribution in [2.75, 3.05) is 19.5 Å². The van der Waals surface area contributed by atoms with Crippen LogP contribution in [0.5, 0.6) is 11.5 Å². The van der Waals surface area contributed by atoms with Gasteiger partial charge in [0.2, 0.25) is 0 Å². The van der Waals surface area contributed by atoms with Crippen molar-refractivity contribution in [1.29, 1.82) is 0 Å². The van der Waals surface area contributed by atoms with E-state index in [-0.39, 0.29) is 5.91 Å². The number of ether oxygens (including phenoxy) is 2. The lowest BCUT2D eigenvalue weighted by atomic mass is 10.2. The van der Waals surface area contributed by atoms with Crippen LogP contribution in [0.25, 0.3) is 9.88 Å². The number of amides is 1. The predicted molar refractivity (Wildman–Crippen MR) is 101 cm³/mol. The van der Waals surface area contributed by atoms with E-state index in [0.29, 0.717) is 22.9 Å². The molecule has 0 saturated heterocycles. The van der Waals surface area contributed by atoms with Gasteiger partial charge in [-0.3, -0.25) is 4.79 Å². The number of hydrogen-bond donors (Lipinski definition) is 1. The van der Waals surface area contributed by atoms with E-state index < -0.39 is 0 Å². The Balaban J connectivity index is 1.79. The molecule has 0 unspecified atom stereocenters. The predicted octanol–water partition coefficient (Wildman–Crippen LogP) is 4.90. The molecule has 2 heterocycles. The molecule has 1 aromatic carbocycles.